The van der Waals surface area contributed by atoms with Crippen molar-refractivity contribution in [3.63, 3.8) is 0 Å². The Bertz CT molecular complexity index is 783. The minimum absolute atomic E-state index is 0.0918. The predicted octanol–water partition coefficient (Wildman–Crippen LogP) is 3.02. The number of likely N-dealkylation sites (tertiary alicyclic amines) is 1. The molecule has 2 aromatic rings. The van der Waals surface area contributed by atoms with E-state index in [2.05, 4.69) is 10.4 Å². The SMILES string of the molecule is CNC1CCCN(C(=O)c2cnn(-c3ccc(C)cc3)c2C(F)(F)F)C1. The smallest absolute Gasteiger partial charge is 0.337 e. The van der Waals surface area contributed by atoms with Crippen molar-refractivity contribution < 1.29 is 18.0 Å². The van der Waals surface area contributed by atoms with Crippen LogP contribution in [0.1, 0.15) is 34.5 Å². The number of halogens is 3. The van der Waals surface area contributed by atoms with Crippen molar-refractivity contribution in [1.82, 2.24) is 20.0 Å². The van der Waals surface area contributed by atoms with Gasteiger partial charge < -0.3 is 10.2 Å². The van der Waals surface area contributed by atoms with E-state index in [0.29, 0.717) is 13.1 Å². The normalized spacial score (nSPS) is 18.2. The highest BCUT2D eigenvalue weighted by atomic mass is 19.4. The molecule has 1 aliphatic heterocycles. The Labute approximate surface area is 149 Å². The summed E-state index contributed by atoms with van der Waals surface area (Å²) in [6.45, 7) is 2.69. The third-order valence-electron chi connectivity index (χ3n) is 4.66. The lowest BCUT2D eigenvalue weighted by atomic mass is 10.0. The molecule has 1 fully saturated rings. The summed E-state index contributed by atoms with van der Waals surface area (Å²) < 4.78 is 42.0. The molecule has 1 N–H and O–H groups in total. The first-order valence-corrected chi connectivity index (χ1v) is 8.50. The summed E-state index contributed by atoms with van der Waals surface area (Å²) >= 11 is 0. The van der Waals surface area contributed by atoms with Crippen LogP contribution >= 0.6 is 0 Å². The highest BCUT2D eigenvalue weighted by Crippen LogP contribution is 2.34. The van der Waals surface area contributed by atoms with Gasteiger partial charge in [0.25, 0.3) is 5.91 Å². The minimum Gasteiger partial charge on any atom is -0.337 e. The van der Waals surface area contributed by atoms with Crippen LogP contribution in [0.25, 0.3) is 5.69 Å². The molecule has 140 valence electrons. The third kappa shape index (κ3) is 3.60. The maximum atomic E-state index is 13.7. The number of amides is 1. The summed E-state index contributed by atoms with van der Waals surface area (Å²) in [7, 11) is 1.79. The third-order valence-corrected chi connectivity index (χ3v) is 4.66. The molecule has 2 heterocycles. The Kier molecular flexibility index (Phi) is 5.04. The van der Waals surface area contributed by atoms with Gasteiger partial charge in [-0.3, -0.25) is 4.79 Å². The lowest BCUT2D eigenvalue weighted by Crippen LogP contribution is -2.47. The van der Waals surface area contributed by atoms with Gasteiger partial charge in [-0.2, -0.15) is 18.3 Å². The second kappa shape index (κ2) is 7.11. The molecule has 1 aromatic carbocycles. The molecule has 0 spiro atoms. The highest BCUT2D eigenvalue weighted by molar-refractivity contribution is 5.95. The van der Waals surface area contributed by atoms with Gasteiger partial charge >= 0.3 is 6.18 Å². The van der Waals surface area contributed by atoms with Crippen LogP contribution in [0.4, 0.5) is 13.2 Å². The van der Waals surface area contributed by atoms with E-state index in [0.717, 1.165) is 29.3 Å². The van der Waals surface area contributed by atoms with Crippen LogP contribution in [0, 0.1) is 6.92 Å². The number of benzene rings is 1. The topological polar surface area (TPSA) is 50.2 Å². The molecule has 0 aliphatic carbocycles. The number of carbonyl (C=O) groups is 1. The van der Waals surface area contributed by atoms with E-state index in [-0.39, 0.29) is 11.7 Å². The Hall–Kier alpha value is -2.35. The Morgan fingerprint density at radius 3 is 2.58 bits per heavy atom. The second-order valence-electron chi connectivity index (χ2n) is 6.53. The number of aromatic nitrogens is 2. The summed E-state index contributed by atoms with van der Waals surface area (Å²) in [6, 6.07) is 6.63. The number of nitrogens with one attached hydrogen (secondary N) is 1. The number of aryl methyl sites for hydroxylation is 1. The monoisotopic (exact) mass is 366 g/mol. The van der Waals surface area contributed by atoms with Crippen LogP contribution in [0.3, 0.4) is 0 Å². The fourth-order valence-electron chi connectivity index (χ4n) is 3.23. The molecule has 0 saturated carbocycles. The van der Waals surface area contributed by atoms with Crippen LogP contribution in [0.5, 0.6) is 0 Å². The molecule has 1 aromatic heterocycles. The van der Waals surface area contributed by atoms with E-state index in [1.807, 2.05) is 6.92 Å². The molecule has 8 heteroatoms. The summed E-state index contributed by atoms with van der Waals surface area (Å²) in [5.41, 5.74) is -0.237. The summed E-state index contributed by atoms with van der Waals surface area (Å²) in [6.07, 6.45) is -2.02. The van der Waals surface area contributed by atoms with Gasteiger partial charge in [-0.05, 0) is 38.9 Å². The highest BCUT2D eigenvalue weighted by Gasteiger charge is 2.41. The van der Waals surface area contributed by atoms with Crippen molar-refractivity contribution in [3.8, 4) is 5.69 Å². The Morgan fingerprint density at radius 1 is 1.27 bits per heavy atom. The quantitative estimate of drug-likeness (QED) is 0.909. The number of carbonyl (C=O) groups excluding carboxylic acids is 1. The summed E-state index contributed by atoms with van der Waals surface area (Å²) in [4.78, 5) is 14.2. The Morgan fingerprint density at radius 2 is 1.96 bits per heavy atom. The number of alkyl halides is 3. The van der Waals surface area contributed by atoms with Crippen LogP contribution in [0.15, 0.2) is 30.5 Å². The first-order chi connectivity index (χ1) is 12.3. The van der Waals surface area contributed by atoms with Gasteiger partial charge in [0, 0.05) is 19.1 Å². The first-order valence-electron chi connectivity index (χ1n) is 8.50. The molecule has 1 unspecified atom stereocenters. The van der Waals surface area contributed by atoms with E-state index in [9.17, 15) is 18.0 Å². The first kappa shape index (κ1) is 18.4. The van der Waals surface area contributed by atoms with Crippen molar-refractivity contribution in [2.75, 3.05) is 20.1 Å². The number of likely N-dealkylation sites (N-methyl/N-ethyl adjacent to an activating group) is 1. The maximum Gasteiger partial charge on any atom is 0.434 e. The summed E-state index contributed by atoms with van der Waals surface area (Å²) in [5, 5.41) is 6.96. The number of piperidine rings is 1. The van der Waals surface area contributed by atoms with Gasteiger partial charge in [-0.25, -0.2) is 4.68 Å². The van der Waals surface area contributed by atoms with Crippen LogP contribution in [0.2, 0.25) is 0 Å². The minimum atomic E-state index is -4.69. The van der Waals surface area contributed by atoms with Crippen molar-refractivity contribution in [2.24, 2.45) is 0 Å². The lowest BCUT2D eigenvalue weighted by molar-refractivity contribution is -0.143. The van der Waals surface area contributed by atoms with Crippen molar-refractivity contribution in [2.45, 2.75) is 32.0 Å². The van der Waals surface area contributed by atoms with Crippen LogP contribution in [-0.2, 0) is 6.18 Å². The number of nitrogens with zero attached hydrogens (tertiary/aromatic N) is 3. The maximum absolute atomic E-state index is 13.7. The number of hydrogen-bond donors (Lipinski definition) is 1. The van der Waals surface area contributed by atoms with E-state index < -0.39 is 23.3 Å². The van der Waals surface area contributed by atoms with Crippen molar-refractivity contribution in [1.29, 1.82) is 0 Å². The fourth-order valence-corrected chi connectivity index (χ4v) is 3.23. The van der Waals surface area contributed by atoms with Crippen LogP contribution in [-0.4, -0.2) is 46.8 Å². The van der Waals surface area contributed by atoms with Gasteiger partial charge in [0.15, 0.2) is 5.69 Å². The van der Waals surface area contributed by atoms with E-state index in [1.54, 1.807) is 31.3 Å². The Balaban J connectivity index is 1.99. The van der Waals surface area contributed by atoms with Crippen molar-refractivity contribution >= 4 is 5.91 Å². The molecule has 1 amide bonds. The van der Waals surface area contributed by atoms with Gasteiger partial charge in [0.1, 0.15) is 0 Å². The standard InChI is InChI=1S/C18H21F3N4O/c1-12-5-7-14(8-6-12)25-16(18(19,20)21)15(10-23-25)17(26)24-9-3-4-13(11-24)22-2/h5-8,10,13,22H,3-4,9,11H2,1-2H3. The molecule has 1 atom stereocenters. The van der Waals surface area contributed by atoms with E-state index in [1.165, 1.54) is 4.90 Å². The number of rotatable bonds is 3. The largest absolute Gasteiger partial charge is 0.434 e. The fraction of sp³-hybridized carbons (Fsp3) is 0.444. The zero-order valence-electron chi connectivity index (χ0n) is 14.7. The average Bonchev–Trinajstić information content (AvgIpc) is 3.07. The molecule has 26 heavy (non-hydrogen) atoms. The van der Waals surface area contributed by atoms with E-state index >= 15 is 0 Å². The molecule has 1 saturated heterocycles. The molecule has 0 radical (unpaired) electrons. The molecule has 0 bridgehead atoms. The van der Waals surface area contributed by atoms with E-state index in [4.69, 9.17) is 0 Å². The molecule has 3 rings (SSSR count). The summed E-state index contributed by atoms with van der Waals surface area (Å²) in [5.74, 6) is -0.629. The predicted molar refractivity (Wildman–Crippen MR) is 91.3 cm³/mol. The van der Waals surface area contributed by atoms with Gasteiger partial charge in [0.05, 0.1) is 17.4 Å². The molecule has 5 nitrogen and oxygen atoms in total. The molecular weight excluding hydrogens is 345 g/mol. The zero-order valence-corrected chi connectivity index (χ0v) is 14.7. The zero-order chi connectivity index (χ0) is 18.9. The average molecular weight is 366 g/mol. The van der Waals surface area contributed by atoms with Crippen molar-refractivity contribution in [3.05, 3.63) is 47.3 Å². The molecular formula is C18H21F3N4O. The molecule has 1 aliphatic rings. The lowest BCUT2D eigenvalue weighted by Gasteiger charge is -2.32. The van der Waals surface area contributed by atoms with Gasteiger partial charge in [-0.1, -0.05) is 17.7 Å². The second-order valence-corrected chi connectivity index (χ2v) is 6.53. The number of hydrogen-bond acceptors (Lipinski definition) is 3. The van der Waals surface area contributed by atoms with Gasteiger partial charge in [0.2, 0.25) is 0 Å². The van der Waals surface area contributed by atoms with Gasteiger partial charge in [-0.15, -0.1) is 0 Å². The van der Waals surface area contributed by atoms with Crippen LogP contribution < -0.4 is 5.32 Å².